The van der Waals surface area contributed by atoms with E-state index in [0.29, 0.717) is 50.4 Å². The molecule has 0 atom stereocenters. The summed E-state index contributed by atoms with van der Waals surface area (Å²) in [6.45, 7) is 3.77. The van der Waals surface area contributed by atoms with Crippen LogP contribution in [0.3, 0.4) is 0 Å². The van der Waals surface area contributed by atoms with Gasteiger partial charge in [-0.05, 0) is 41.8 Å². The van der Waals surface area contributed by atoms with E-state index in [4.69, 9.17) is 4.74 Å². The average molecular weight is 446 g/mol. The van der Waals surface area contributed by atoms with Gasteiger partial charge in [0.05, 0.1) is 18.1 Å². The first kappa shape index (κ1) is 23.2. The normalized spacial score (nSPS) is 15.0. The maximum absolute atomic E-state index is 13.2. The van der Waals surface area contributed by atoms with Crippen LogP contribution in [0.4, 0.5) is 5.69 Å². The molecule has 8 heteroatoms. The largest absolute Gasteiger partial charge is 0.379 e. The van der Waals surface area contributed by atoms with Gasteiger partial charge in [0.1, 0.15) is 0 Å². The third-order valence-electron chi connectivity index (χ3n) is 5.50. The average Bonchev–Trinajstić information content (AvgIpc) is 2.79. The monoisotopic (exact) mass is 445 g/mol. The van der Waals surface area contributed by atoms with Crippen molar-refractivity contribution in [1.82, 2.24) is 9.21 Å². The first-order valence-corrected chi connectivity index (χ1v) is 11.9. The van der Waals surface area contributed by atoms with E-state index in [1.54, 1.807) is 24.1 Å². The summed E-state index contributed by atoms with van der Waals surface area (Å²) in [6, 6.07) is 13.0. The number of carbonyl (C=O) groups is 1. The number of sulfonamides is 1. The zero-order valence-electron chi connectivity index (χ0n) is 18.7. The van der Waals surface area contributed by atoms with Crippen LogP contribution in [0.2, 0.25) is 0 Å². The Labute approximate surface area is 185 Å². The van der Waals surface area contributed by atoms with Gasteiger partial charge < -0.3 is 14.5 Å². The molecule has 2 aromatic rings. The summed E-state index contributed by atoms with van der Waals surface area (Å²) in [4.78, 5) is 16.9. The maximum Gasteiger partial charge on any atom is 0.253 e. The number of benzene rings is 2. The van der Waals surface area contributed by atoms with Gasteiger partial charge in [-0.2, -0.15) is 4.31 Å². The zero-order valence-corrected chi connectivity index (χ0v) is 19.5. The molecule has 31 heavy (non-hydrogen) atoms. The van der Waals surface area contributed by atoms with E-state index in [9.17, 15) is 13.2 Å². The zero-order chi connectivity index (χ0) is 22.6. The Morgan fingerprint density at radius 1 is 1.03 bits per heavy atom. The summed E-state index contributed by atoms with van der Waals surface area (Å²) in [5.41, 5.74) is 3.18. The predicted octanol–water partition coefficient (Wildman–Crippen LogP) is 2.61. The molecule has 1 aliphatic rings. The molecule has 1 amide bonds. The molecule has 0 radical (unpaired) electrons. The number of morpholine rings is 1. The molecular weight excluding hydrogens is 414 g/mol. The molecule has 3 rings (SSSR count). The molecule has 2 aromatic carbocycles. The number of aryl methyl sites for hydroxylation is 1. The highest BCUT2D eigenvalue weighted by Crippen LogP contribution is 2.24. The lowest BCUT2D eigenvalue weighted by Gasteiger charge is -2.27. The molecule has 0 spiro atoms. The van der Waals surface area contributed by atoms with Crippen molar-refractivity contribution in [1.29, 1.82) is 0 Å². The Morgan fingerprint density at radius 2 is 1.68 bits per heavy atom. The smallest absolute Gasteiger partial charge is 0.253 e. The van der Waals surface area contributed by atoms with Gasteiger partial charge in [0.2, 0.25) is 10.0 Å². The number of hydrogen-bond acceptors (Lipinski definition) is 5. The minimum Gasteiger partial charge on any atom is -0.379 e. The standard InChI is InChI=1S/C23H31N3O4S/c1-5-19-8-9-20(16-22(19)31(28,29)26-12-14-30-15-13-26)23(27)25(4)17-18-6-10-21(11-7-18)24(2)3/h6-11,16H,5,12-15,17H2,1-4H3. The summed E-state index contributed by atoms with van der Waals surface area (Å²) in [7, 11) is 2.01. The van der Waals surface area contributed by atoms with Crippen LogP contribution in [0.5, 0.6) is 0 Å². The van der Waals surface area contributed by atoms with E-state index < -0.39 is 10.0 Å². The van der Waals surface area contributed by atoms with E-state index in [1.807, 2.05) is 50.2 Å². The number of ether oxygens (including phenoxy) is 1. The molecule has 0 bridgehead atoms. The first-order chi connectivity index (χ1) is 14.7. The van der Waals surface area contributed by atoms with Crippen LogP contribution >= 0.6 is 0 Å². The molecule has 168 valence electrons. The van der Waals surface area contributed by atoms with E-state index in [1.165, 1.54) is 10.4 Å². The highest BCUT2D eigenvalue weighted by Gasteiger charge is 2.29. The van der Waals surface area contributed by atoms with Gasteiger partial charge in [-0.1, -0.05) is 25.1 Å². The van der Waals surface area contributed by atoms with Gasteiger partial charge in [0.25, 0.3) is 5.91 Å². The fourth-order valence-corrected chi connectivity index (χ4v) is 5.34. The molecule has 0 saturated carbocycles. The van der Waals surface area contributed by atoms with Crippen molar-refractivity contribution in [2.24, 2.45) is 0 Å². The second-order valence-corrected chi connectivity index (χ2v) is 9.82. The molecule has 0 aliphatic carbocycles. The number of anilines is 1. The van der Waals surface area contributed by atoms with Gasteiger partial charge >= 0.3 is 0 Å². The molecule has 0 unspecified atom stereocenters. The van der Waals surface area contributed by atoms with E-state index in [2.05, 4.69) is 0 Å². The number of carbonyl (C=O) groups excluding carboxylic acids is 1. The van der Waals surface area contributed by atoms with Crippen molar-refractivity contribution in [2.75, 3.05) is 52.3 Å². The molecule has 0 N–H and O–H groups in total. The second-order valence-electron chi connectivity index (χ2n) is 7.91. The molecule has 1 fully saturated rings. The first-order valence-electron chi connectivity index (χ1n) is 10.5. The molecule has 1 heterocycles. The summed E-state index contributed by atoms with van der Waals surface area (Å²) in [6.07, 6.45) is 0.571. The minimum absolute atomic E-state index is 0.210. The molecule has 1 saturated heterocycles. The van der Waals surface area contributed by atoms with Crippen LogP contribution in [-0.4, -0.2) is 71.0 Å². The highest BCUT2D eigenvalue weighted by molar-refractivity contribution is 7.89. The highest BCUT2D eigenvalue weighted by atomic mass is 32.2. The van der Waals surface area contributed by atoms with Crippen molar-refractivity contribution >= 4 is 21.6 Å². The van der Waals surface area contributed by atoms with Crippen molar-refractivity contribution in [3.8, 4) is 0 Å². The Hall–Kier alpha value is -2.42. The third kappa shape index (κ3) is 5.26. The molecule has 1 aliphatic heterocycles. The maximum atomic E-state index is 13.2. The Balaban J connectivity index is 1.83. The van der Waals surface area contributed by atoms with E-state index in [0.717, 1.165) is 11.3 Å². The molecule has 7 nitrogen and oxygen atoms in total. The summed E-state index contributed by atoms with van der Waals surface area (Å²) in [5.74, 6) is -0.210. The van der Waals surface area contributed by atoms with Crippen LogP contribution in [0.25, 0.3) is 0 Å². The molecular formula is C23H31N3O4S. The van der Waals surface area contributed by atoms with Crippen molar-refractivity contribution < 1.29 is 17.9 Å². The third-order valence-corrected chi connectivity index (χ3v) is 7.48. The SMILES string of the molecule is CCc1ccc(C(=O)N(C)Cc2ccc(N(C)C)cc2)cc1S(=O)(=O)N1CCOCC1. The Bertz CT molecular complexity index is 1010. The fraction of sp³-hybridized carbons (Fsp3) is 0.435. The van der Waals surface area contributed by atoms with Gasteiger partial charge in [0, 0.05) is 52.0 Å². The van der Waals surface area contributed by atoms with Crippen LogP contribution < -0.4 is 4.90 Å². The lowest BCUT2D eigenvalue weighted by atomic mass is 10.1. The Morgan fingerprint density at radius 3 is 2.26 bits per heavy atom. The number of nitrogens with zero attached hydrogens (tertiary/aromatic N) is 3. The lowest BCUT2D eigenvalue weighted by Crippen LogP contribution is -2.41. The number of rotatable bonds is 7. The van der Waals surface area contributed by atoms with Crippen LogP contribution in [0.1, 0.15) is 28.4 Å². The Kier molecular flexibility index (Phi) is 7.35. The van der Waals surface area contributed by atoms with Crippen molar-refractivity contribution in [2.45, 2.75) is 24.8 Å². The van der Waals surface area contributed by atoms with Crippen LogP contribution in [-0.2, 0) is 27.7 Å². The fourth-order valence-electron chi connectivity index (χ4n) is 3.61. The van der Waals surface area contributed by atoms with Crippen molar-refractivity contribution in [3.63, 3.8) is 0 Å². The topological polar surface area (TPSA) is 70.2 Å². The summed E-state index contributed by atoms with van der Waals surface area (Å²) >= 11 is 0. The second kappa shape index (κ2) is 9.80. The lowest BCUT2D eigenvalue weighted by molar-refractivity contribution is 0.0729. The van der Waals surface area contributed by atoms with Gasteiger partial charge in [-0.3, -0.25) is 4.79 Å². The number of amides is 1. The van der Waals surface area contributed by atoms with Crippen molar-refractivity contribution in [3.05, 3.63) is 59.2 Å². The van der Waals surface area contributed by atoms with Gasteiger partial charge in [0.15, 0.2) is 0 Å². The summed E-state index contributed by atoms with van der Waals surface area (Å²) in [5, 5.41) is 0. The van der Waals surface area contributed by atoms with E-state index >= 15 is 0 Å². The summed E-state index contributed by atoms with van der Waals surface area (Å²) < 4.78 is 33.2. The quantitative estimate of drug-likeness (QED) is 0.655. The van der Waals surface area contributed by atoms with Gasteiger partial charge in [-0.15, -0.1) is 0 Å². The van der Waals surface area contributed by atoms with E-state index in [-0.39, 0.29) is 10.8 Å². The minimum atomic E-state index is -3.68. The predicted molar refractivity (Wildman–Crippen MR) is 122 cm³/mol. The van der Waals surface area contributed by atoms with Crippen LogP contribution in [0.15, 0.2) is 47.4 Å². The molecule has 0 aromatic heterocycles. The van der Waals surface area contributed by atoms with Crippen LogP contribution in [0, 0.1) is 0 Å². The number of hydrogen-bond donors (Lipinski definition) is 0. The van der Waals surface area contributed by atoms with Gasteiger partial charge in [-0.25, -0.2) is 8.42 Å².